The van der Waals surface area contributed by atoms with Crippen molar-refractivity contribution in [2.75, 3.05) is 19.6 Å². The zero-order valence-corrected chi connectivity index (χ0v) is 18.3. The summed E-state index contributed by atoms with van der Waals surface area (Å²) < 4.78 is 5.83. The fraction of sp³-hybridized carbons (Fsp3) is 0.346. The highest BCUT2D eigenvalue weighted by Gasteiger charge is 2.34. The molecule has 6 nitrogen and oxygen atoms in total. The lowest BCUT2D eigenvalue weighted by molar-refractivity contribution is -0.0471. The van der Waals surface area contributed by atoms with Crippen molar-refractivity contribution in [1.29, 1.82) is 0 Å². The Morgan fingerprint density at radius 2 is 1.94 bits per heavy atom. The van der Waals surface area contributed by atoms with E-state index in [1.165, 1.54) is 0 Å². The van der Waals surface area contributed by atoms with Gasteiger partial charge in [0.05, 0.1) is 11.1 Å². The summed E-state index contributed by atoms with van der Waals surface area (Å²) in [4.78, 5) is 10.1. The van der Waals surface area contributed by atoms with Crippen LogP contribution >= 0.6 is 0 Å². The molecule has 1 unspecified atom stereocenters. The maximum atomic E-state index is 11.3. The maximum Gasteiger partial charge on any atom is 0.198 e. The van der Waals surface area contributed by atoms with Gasteiger partial charge in [0, 0.05) is 59.8 Å². The molecule has 1 fully saturated rings. The van der Waals surface area contributed by atoms with Crippen molar-refractivity contribution in [2.24, 2.45) is 0 Å². The molecule has 0 radical (unpaired) electrons. The van der Waals surface area contributed by atoms with Crippen molar-refractivity contribution >= 4 is 21.8 Å². The summed E-state index contributed by atoms with van der Waals surface area (Å²) in [5.41, 5.74) is 3.04. The third kappa shape index (κ3) is 4.21. The average molecular weight is 432 g/mol. The van der Waals surface area contributed by atoms with E-state index >= 15 is 0 Å². The molecule has 1 aliphatic rings. The molecule has 6 heteroatoms. The van der Waals surface area contributed by atoms with Crippen LogP contribution in [0.15, 0.2) is 60.8 Å². The summed E-state index contributed by atoms with van der Waals surface area (Å²) >= 11 is 0. The van der Waals surface area contributed by atoms with Gasteiger partial charge in [0.15, 0.2) is 6.29 Å². The summed E-state index contributed by atoms with van der Waals surface area (Å²) in [6.07, 6.45) is 2.73. The smallest absolute Gasteiger partial charge is 0.198 e. The van der Waals surface area contributed by atoms with Crippen LogP contribution < -0.4 is 4.74 Å². The summed E-state index contributed by atoms with van der Waals surface area (Å²) in [6, 6.07) is 17.9. The number of nitrogens with one attached hydrogen (secondary N) is 1. The largest absolute Gasteiger partial charge is 0.464 e. The Kier molecular flexibility index (Phi) is 5.59. The molecule has 32 heavy (non-hydrogen) atoms. The molecule has 0 saturated carbocycles. The number of H-pyrrole nitrogens is 1. The number of hydrogen-bond acceptors (Lipinski definition) is 5. The number of piperidine rings is 1. The van der Waals surface area contributed by atoms with Crippen molar-refractivity contribution in [3.8, 4) is 5.75 Å². The standard InChI is InChI=1S/C26H29N3O3/c1-18-15-21-23(28-18)7-4-8-24(21)32-25(30)9-12-29-13-10-26(31,11-14-29)20-16-19-5-2-3-6-22(19)27-17-20/h2-8,15-17,25,28,30-31H,9-14H2,1H3. The van der Waals surface area contributed by atoms with Gasteiger partial charge in [-0.15, -0.1) is 0 Å². The zero-order chi connectivity index (χ0) is 22.1. The van der Waals surface area contributed by atoms with E-state index in [1.807, 2.05) is 55.5 Å². The second-order valence-corrected chi connectivity index (χ2v) is 8.82. The number of fused-ring (bicyclic) bond motifs is 2. The fourth-order valence-corrected chi connectivity index (χ4v) is 4.63. The van der Waals surface area contributed by atoms with Crippen LogP contribution in [-0.2, 0) is 5.60 Å². The minimum Gasteiger partial charge on any atom is -0.464 e. The zero-order valence-electron chi connectivity index (χ0n) is 18.3. The Labute approximate surface area is 187 Å². The van der Waals surface area contributed by atoms with Gasteiger partial charge in [-0.05, 0) is 50.1 Å². The number of ether oxygens (including phenoxy) is 1. The van der Waals surface area contributed by atoms with E-state index in [2.05, 4.69) is 20.9 Å². The molecule has 2 aromatic heterocycles. The number of aliphatic hydroxyl groups excluding tert-OH is 1. The van der Waals surface area contributed by atoms with Crippen molar-refractivity contribution in [3.05, 3.63) is 72.1 Å². The van der Waals surface area contributed by atoms with E-state index in [9.17, 15) is 10.2 Å². The van der Waals surface area contributed by atoms with Gasteiger partial charge >= 0.3 is 0 Å². The predicted molar refractivity (Wildman–Crippen MR) is 126 cm³/mol. The van der Waals surface area contributed by atoms with Crippen LogP contribution in [0.1, 0.15) is 30.5 Å². The normalized spacial score (nSPS) is 17.6. The number of para-hydroxylation sites is 1. The number of aliphatic hydroxyl groups is 2. The first-order chi connectivity index (χ1) is 15.5. The summed E-state index contributed by atoms with van der Waals surface area (Å²) in [7, 11) is 0. The molecule has 5 rings (SSSR count). The van der Waals surface area contributed by atoms with Gasteiger partial charge < -0.3 is 24.8 Å². The molecule has 4 aromatic rings. The van der Waals surface area contributed by atoms with E-state index in [1.54, 1.807) is 6.20 Å². The molecule has 166 valence electrons. The highest BCUT2D eigenvalue weighted by Crippen LogP contribution is 2.34. The Morgan fingerprint density at radius 3 is 2.78 bits per heavy atom. The van der Waals surface area contributed by atoms with E-state index in [0.29, 0.717) is 25.0 Å². The van der Waals surface area contributed by atoms with Gasteiger partial charge in [0.1, 0.15) is 5.75 Å². The first kappa shape index (κ1) is 20.9. The van der Waals surface area contributed by atoms with Gasteiger partial charge in [-0.2, -0.15) is 0 Å². The molecule has 1 aliphatic heterocycles. The number of aryl methyl sites for hydroxylation is 1. The highest BCUT2D eigenvalue weighted by molar-refractivity contribution is 5.86. The van der Waals surface area contributed by atoms with Gasteiger partial charge in [0.25, 0.3) is 0 Å². The number of aromatic nitrogens is 2. The van der Waals surface area contributed by atoms with Crippen LogP contribution in [0.4, 0.5) is 0 Å². The lowest BCUT2D eigenvalue weighted by Gasteiger charge is -2.38. The van der Waals surface area contributed by atoms with Crippen LogP contribution in [0, 0.1) is 6.92 Å². The van der Waals surface area contributed by atoms with Crippen molar-refractivity contribution in [2.45, 2.75) is 38.1 Å². The summed E-state index contributed by atoms with van der Waals surface area (Å²) in [5.74, 6) is 0.691. The molecule has 0 spiro atoms. The van der Waals surface area contributed by atoms with Gasteiger partial charge in [-0.3, -0.25) is 4.98 Å². The molecule has 1 saturated heterocycles. The van der Waals surface area contributed by atoms with Crippen molar-refractivity contribution in [3.63, 3.8) is 0 Å². The molecule has 1 atom stereocenters. The van der Waals surface area contributed by atoms with Crippen LogP contribution in [-0.4, -0.2) is 51.0 Å². The quantitative estimate of drug-likeness (QED) is 0.401. The molecule has 3 N–H and O–H groups in total. The van der Waals surface area contributed by atoms with Crippen LogP contribution in [0.3, 0.4) is 0 Å². The number of nitrogens with zero attached hydrogens (tertiary/aromatic N) is 2. The Hall–Kier alpha value is -2.93. The second-order valence-electron chi connectivity index (χ2n) is 8.82. The average Bonchev–Trinajstić information content (AvgIpc) is 3.20. The van der Waals surface area contributed by atoms with Crippen molar-refractivity contribution in [1.82, 2.24) is 14.9 Å². The van der Waals surface area contributed by atoms with E-state index in [4.69, 9.17) is 4.74 Å². The van der Waals surface area contributed by atoms with Gasteiger partial charge in [-0.25, -0.2) is 0 Å². The second kappa shape index (κ2) is 8.54. The number of hydrogen-bond donors (Lipinski definition) is 3. The minimum atomic E-state index is -0.874. The number of pyridine rings is 1. The van der Waals surface area contributed by atoms with Crippen LogP contribution in [0.25, 0.3) is 21.8 Å². The Bertz CT molecular complexity index is 1230. The molecule has 2 aromatic carbocycles. The van der Waals surface area contributed by atoms with Crippen molar-refractivity contribution < 1.29 is 14.9 Å². The maximum absolute atomic E-state index is 11.3. The van der Waals surface area contributed by atoms with Gasteiger partial charge in [0.2, 0.25) is 0 Å². The highest BCUT2D eigenvalue weighted by atomic mass is 16.6. The summed E-state index contributed by atoms with van der Waals surface area (Å²) in [5, 5.41) is 23.7. The summed E-state index contributed by atoms with van der Waals surface area (Å²) in [6.45, 7) is 4.26. The molecule has 0 bridgehead atoms. The lowest BCUT2D eigenvalue weighted by atomic mass is 9.85. The third-order valence-electron chi connectivity index (χ3n) is 6.53. The third-order valence-corrected chi connectivity index (χ3v) is 6.53. The van der Waals surface area contributed by atoms with Gasteiger partial charge in [-0.1, -0.05) is 24.3 Å². The fourth-order valence-electron chi connectivity index (χ4n) is 4.63. The first-order valence-corrected chi connectivity index (χ1v) is 11.2. The molecule has 0 amide bonds. The van der Waals surface area contributed by atoms with E-state index in [-0.39, 0.29) is 0 Å². The number of benzene rings is 2. The lowest BCUT2D eigenvalue weighted by Crippen LogP contribution is -2.43. The number of likely N-dealkylation sites (tertiary alicyclic amines) is 1. The number of aromatic amines is 1. The molecular weight excluding hydrogens is 402 g/mol. The molecule has 3 heterocycles. The molecular formula is C26H29N3O3. The molecule has 0 aliphatic carbocycles. The monoisotopic (exact) mass is 431 g/mol. The predicted octanol–water partition coefficient (Wildman–Crippen LogP) is 4.10. The van der Waals surface area contributed by atoms with E-state index < -0.39 is 11.9 Å². The minimum absolute atomic E-state index is 0.510. The Morgan fingerprint density at radius 1 is 1.12 bits per heavy atom. The van der Waals surface area contributed by atoms with Crippen LogP contribution in [0.2, 0.25) is 0 Å². The van der Waals surface area contributed by atoms with E-state index in [0.717, 1.165) is 52.7 Å². The first-order valence-electron chi connectivity index (χ1n) is 11.2. The Balaban J connectivity index is 1.16. The van der Waals surface area contributed by atoms with Crippen LogP contribution in [0.5, 0.6) is 5.75 Å². The number of rotatable bonds is 6. The SMILES string of the molecule is Cc1cc2c(OC(O)CCN3CCC(O)(c4cnc5ccccc5c4)CC3)cccc2[nH]1. The topological polar surface area (TPSA) is 81.6 Å².